The third-order valence-corrected chi connectivity index (χ3v) is 2.87. The van der Waals surface area contributed by atoms with E-state index in [1.165, 1.54) is 19.3 Å². The quantitative estimate of drug-likeness (QED) is 0.425. The molecule has 0 atom stereocenters. The Hall–Kier alpha value is -2.46. The molecule has 0 aromatic rings. The molecule has 0 saturated heterocycles. The van der Waals surface area contributed by atoms with Gasteiger partial charge in [0.05, 0.1) is 0 Å². The van der Waals surface area contributed by atoms with Gasteiger partial charge in [-0.2, -0.15) is 0 Å². The summed E-state index contributed by atoms with van der Waals surface area (Å²) >= 11 is 0. The molecule has 0 heterocycles. The molecule has 112 valence electrons. The molecule has 0 unspecified atom stereocenters. The SMILES string of the molecule is C#CC=CCCCCCCC#CC#CC#CCCCCC#C. The van der Waals surface area contributed by atoms with Crippen LogP contribution in [0.1, 0.15) is 64.2 Å². The summed E-state index contributed by atoms with van der Waals surface area (Å²) in [5.74, 6) is 22.4. The highest BCUT2D eigenvalue weighted by Crippen LogP contribution is 2.05. The van der Waals surface area contributed by atoms with Gasteiger partial charge in [0.1, 0.15) is 0 Å². The van der Waals surface area contributed by atoms with Crippen LogP contribution in [0.3, 0.4) is 0 Å². The number of rotatable bonds is 9. The normalized spacial score (nSPS) is 8.45. The van der Waals surface area contributed by atoms with Crippen LogP contribution in [0.15, 0.2) is 12.2 Å². The number of hydrogen-bond acceptors (Lipinski definition) is 0. The van der Waals surface area contributed by atoms with Gasteiger partial charge in [-0.25, -0.2) is 0 Å². The van der Waals surface area contributed by atoms with Crippen molar-refractivity contribution >= 4 is 0 Å². The van der Waals surface area contributed by atoms with Crippen LogP contribution in [-0.2, 0) is 0 Å². The average molecular weight is 288 g/mol. The predicted octanol–water partition coefficient (Wildman–Crippen LogP) is 4.72. The summed E-state index contributed by atoms with van der Waals surface area (Å²) in [5.41, 5.74) is 0. The second-order valence-electron chi connectivity index (χ2n) is 4.79. The maximum Gasteiger partial charge on any atom is 0.00992 e. The second kappa shape index (κ2) is 18.5. The minimum atomic E-state index is 0.834. The Morgan fingerprint density at radius 1 is 0.636 bits per heavy atom. The van der Waals surface area contributed by atoms with Gasteiger partial charge in [0.15, 0.2) is 0 Å². The van der Waals surface area contributed by atoms with Crippen molar-refractivity contribution in [2.75, 3.05) is 0 Å². The van der Waals surface area contributed by atoms with Crippen molar-refractivity contribution in [3.63, 3.8) is 0 Å². The lowest BCUT2D eigenvalue weighted by molar-refractivity contribution is 0.656. The molecule has 0 aliphatic carbocycles. The maximum atomic E-state index is 5.17. The molecule has 0 heteroatoms. The van der Waals surface area contributed by atoms with Crippen molar-refractivity contribution in [3.05, 3.63) is 12.2 Å². The van der Waals surface area contributed by atoms with Crippen molar-refractivity contribution in [2.45, 2.75) is 64.2 Å². The van der Waals surface area contributed by atoms with Crippen molar-refractivity contribution in [3.8, 4) is 60.2 Å². The van der Waals surface area contributed by atoms with Gasteiger partial charge in [0.2, 0.25) is 0 Å². The first kappa shape index (κ1) is 19.5. The van der Waals surface area contributed by atoms with Crippen LogP contribution in [0.25, 0.3) is 0 Å². The monoisotopic (exact) mass is 288 g/mol. The Bertz CT molecular complexity index is 556. The molecule has 0 fully saturated rings. The summed E-state index contributed by atoms with van der Waals surface area (Å²) in [6.07, 6.45) is 24.6. The van der Waals surface area contributed by atoms with Gasteiger partial charge in [-0.15, -0.1) is 18.8 Å². The van der Waals surface area contributed by atoms with Crippen LogP contribution in [0, 0.1) is 60.2 Å². The van der Waals surface area contributed by atoms with Crippen LogP contribution >= 0.6 is 0 Å². The fourth-order valence-corrected chi connectivity index (χ4v) is 1.70. The Balaban J connectivity index is 3.48. The molecule has 0 radical (unpaired) electrons. The molecule has 0 aromatic heterocycles. The van der Waals surface area contributed by atoms with Gasteiger partial charge >= 0.3 is 0 Å². The van der Waals surface area contributed by atoms with Gasteiger partial charge in [0.25, 0.3) is 0 Å². The zero-order valence-electron chi connectivity index (χ0n) is 13.4. The Kier molecular flexibility index (Phi) is 16.5. The highest BCUT2D eigenvalue weighted by atomic mass is 13.9. The first-order valence-electron chi connectivity index (χ1n) is 7.92. The van der Waals surface area contributed by atoms with Gasteiger partial charge in [-0.3, -0.25) is 0 Å². The number of allylic oxidation sites excluding steroid dienone is 2. The first-order chi connectivity index (χ1) is 10.9. The van der Waals surface area contributed by atoms with E-state index in [0.29, 0.717) is 0 Å². The zero-order chi connectivity index (χ0) is 16.1. The summed E-state index contributed by atoms with van der Waals surface area (Å²) < 4.78 is 0. The molecular weight excluding hydrogens is 264 g/mol. The van der Waals surface area contributed by atoms with Crippen LogP contribution < -0.4 is 0 Å². The molecule has 0 spiro atoms. The van der Waals surface area contributed by atoms with Crippen LogP contribution in [0.4, 0.5) is 0 Å². The van der Waals surface area contributed by atoms with Crippen molar-refractivity contribution in [2.24, 2.45) is 0 Å². The molecule has 22 heavy (non-hydrogen) atoms. The maximum absolute atomic E-state index is 5.17. The molecule has 0 aliphatic heterocycles. The van der Waals surface area contributed by atoms with E-state index in [1.807, 2.05) is 6.08 Å². The topological polar surface area (TPSA) is 0 Å². The minimum absolute atomic E-state index is 0.834. The number of hydrogen-bond donors (Lipinski definition) is 0. The Labute approximate surface area is 137 Å². The van der Waals surface area contributed by atoms with E-state index in [2.05, 4.69) is 47.4 Å². The Morgan fingerprint density at radius 2 is 1.23 bits per heavy atom. The average Bonchev–Trinajstić information content (AvgIpc) is 2.54. The summed E-state index contributed by atoms with van der Waals surface area (Å²) in [6, 6.07) is 0. The third-order valence-electron chi connectivity index (χ3n) is 2.87. The summed E-state index contributed by atoms with van der Waals surface area (Å²) in [6.45, 7) is 0. The van der Waals surface area contributed by atoms with Gasteiger partial charge < -0.3 is 0 Å². The molecule has 0 rings (SSSR count). The first-order valence-corrected chi connectivity index (χ1v) is 7.92. The smallest absolute Gasteiger partial charge is 0.00992 e. The van der Waals surface area contributed by atoms with E-state index in [1.54, 1.807) is 6.08 Å². The Morgan fingerprint density at radius 3 is 1.86 bits per heavy atom. The molecule has 0 nitrogen and oxygen atoms in total. The van der Waals surface area contributed by atoms with E-state index in [-0.39, 0.29) is 0 Å². The van der Waals surface area contributed by atoms with Gasteiger partial charge in [-0.05, 0) is 61.9 Å². The van der Waals surface area contributed by atoms with Gasteiger partial charge in [0, 0.05) is 19.3 Å². The third kappa shape index (κ3) is 17.5. The van der Waals surface area contributed by atoms with E-state index in [0.717, 1.165) is 44.9 Å². The summed E-state index contributed by atoms with van der Waals surface area (Å²) in [4.78, 5) is 0. The highest BCUT2D eigenvalue weighted by molar-refractivity contribution is 5.35. The van der Waals surface area contributed by atoms with Crippen molar-refractivity contribution < 1.29 is 0 Å². The second-order valence-corrected chi connectivity index (χ2v) is 4.79. The molecule has 0 aromatic carbocycles. The van der Waals surface area contributed by atoms with E-state index in [4.69, 9.17) is 12.8 Å². The van der Waals surface area contributed by atoms with Crippen LogP contribution in [0.2, 0.25) is 0 Å². The molecular formula is C22H24. The minimum Gasteiger partial charge on any atom is -0.120 e. The fourth-order valence-electron chi connectivity index (χ4n) is 1.70. The standard InChI is InChI=1S/C22H24/c1-3-5-7-9-11-13-15-17-19-21-22-20-18-16-14-12-10-8-6-4-2/h1-2,5,7H,6,8-13,15,17,19H2. The molecule has 0 bridgehead atoms. The predicted molar refractivity (Wildman–Crippen MR) is 96.3 cm³/mol. The van der Waals surface area contributed by atoms with Crippen molar-refractivity contribution in [1.82, 2.24) is 0 Å². The van der Waals surface area contributed by atoms with E-state index >= 15 is 0 Å². The largest absolute Gasteiger partial charge is 0.120 e. The summed E-state index contributed by atoms with van der Waals surface area (Å²) in [5, 5.41) is 0. The lowest BCUT2D eigenvalue weighted by Gasteiger charge is -1.94. The van der Waals surface area contributed by atoms with E-state index in [9.17, 15) is 0 Å². The molecule has 0 saturated carbocycles. The summed E-state index contributed by atoms with van der Waals surface area (Å²) in [7, 11) is 0. The highest BCUT2D eigenvalue weighted by Gasteiger charge is 1.86. The lowest BCUT2D eigenvalue weighted by Crippen LogP contribution is -1.76. The molecule has 0 N–H and O–H groups in total. The molecule has 0 amide bonds. The number of terminal acetylenes is 2. The van der Waals surface area contributed by atoms with Gasteiger partial charge in [-0.1, -0.05) is 36.7 Å². The lowest BCUT2D eigenvalue weighted by atomic mass is 10.1. The molecule has 0 aliphatic rings. The van der Waals surface area contributed by atoms with Crippen molar-refractivity contribution in [1.29, 1.82) is 0 Å². The van der Waals surface area contributed by atoms with Crippen LogP contribution in [-0.4, -0.2) is 0 Å². The zero-order valence-corrected chi connectivity index (χ0v) is 13.4. The number of unbranched alkanes of at least 4 members (excludes halogenated alkanes) is 8. The van der Waals surface area contributed by atoms with Crippen LogP contribution in [0.5, 0.6) is 0 Å². The fraction of sp³-hybridized carbons (Fsp3) is 0.455. The van der Waals surface area contributed by atoms with E-state index < -0.39 is 0 Å².